The molecule has 78 valence electrons. The van der Waals surface area contributed by atoms with Crippen molar-refractivity contribution in [3.8, 4) is 0 Å². The molecule has 0 saturated carbocycles. The first-order chi connectivity index (χ1) is 7.75. The number of anilines is 1. The predicted molar refractivity (Wildman–Crippen MR) is 68.7 cm³/mol. The molecular formula is C13H9ClN2. The molecule has 0 aliphatic heterocycles. The molecule has 0 spiro atoms. The lowest BCUT2D eigenvalue weighted by molar-refractivity contribution is 1.50. The minimum atomic E-state index is 0.676. The van der Waals surface area contributed by atoms with Gasteiger partial charge < -0.3 is 5.73 Å². The number of hydrogen-bond acceptors (Lipinski definition) is 2. The molecular weight excluding hydrogens is 220 g/mol. The fraction of sp³-hybridized carbons (Fsp3) is 0. The van der Waals surface area contributed by atoms with Gasteiger partial charge in [-0.1, -0.05) is 29.8 Å². The molecule has 0 radical (unpaired) electrons. The Morgan fingerprint density at radius 1 is 0.938 bits per heavy atom. The van der Waals surface area contributed by atoms with Crippen molar-refractivity contribution in [3.05, 3.63) is 47.5 Å². The summed E-state index contributed by atoms with van der Waals surface area (Å²) in [5.41, 5.74) is 8.62. The standard InChI is InChI=1S/C13H9ClN2/c14-8-5-6-10-12(7-8)16-11-4-2-1-3-9(11)13(10)15/h1-7H,(H2,15,16). The van der Waals surface area contributed by atoms with Gasteiger partial charge in [0.15, 0.2) is 0 Å². The molecule has 0 saturated heterocycles. The maximum absolute atomic E-state index is 6.12. The van der Waals surface area contributed by atoms with Crippen LogP contribution in [0.3, 0.4) is 0 Å². The molecule has 3 rings (SSSR count). The van der Waals surface area contributed by atoms with Crippen LogP contribution >= 0.6 is 11.6 Å². The number of para-hydroxylation sites is 1. The van der Waals surface area contributed by atoms with Gasteiger partial charge in [0.2, 0.25) is 0 Å². The second-order valence-electron chi connectivity index (χ2n) is 3.70. The van der Waals surface area contributed by atoms with Gasteiger partial charge in [-0.2, -0.15) is 0 Å². The van der Waals surface area contributed by atoms with Crippen LogP contribution in [0.25, 0.3) is 21.8 Å². The molecule has 2 aromatic carbocycles. The Balaban J connectivity index is 2.55. The van der Waals surface area contributed by atoms with Gasteiger partial charge in [0, 0.05) is 15.8 Å². The molecule has 3 heteroatoms. The lowest BCUT2D eigenvalue weighted by atomic mass is 10.1. The van der Waals surface area contributed by atoms with Gasteiger partial charge in [-0.3, -0.25) is 0 Å². The zero-order valence-electron chi connectivity index (χ0n) is 8.44. The quantitative estimate of drug-likeness (QED) is 0.597. The average molecular weight is 229 g/mol. The summed E-state index contributed by atoms with van der Waals surface area (Å²) in [4.78, 5) is 4.53. The second kappa shape index (κ2) is 3.35. The van der Waals surface area contributed by atoms with Crippen molar-refractivity contribution in [1.29, 1.82) is 0 Å². The minimum absolute atomic E-state index is 0.676. The number of nitrogens with zero attached hydrogens (tertiary/aromatic N) is 1. The van der Waals surface area contributed by atoms with Crippen LogP contribution < -0.4 is 5.73 Å². The fourth-order valence-corrected chi connectivity index (χ4v) is 2.07. The Labute approximate surface area is 97.7 Å². The number of nitrogen functional groups attached to an aromatic ring is 1. The molecule has 0 unspecified atom stereocenters. The van der Waals surface area contributed by atoms with Gasteiger partial charge in [0.1, 0.15) is 0 Å². The van der Waals surface area contributed by atoms with Crippen LogP contribution in [0, 0.1) is 0 Å². The summed E-state index contributed by atoms with van der Waals surface area (Å²) in [5.74, 6) is 0. The SMILES string of the molecule is Nc1c2ccccc2nc2cc(Cl)ccc12. The van der Waals surface area contributed by atoms with E-state index in [2.05, 4.69) is 4.98 Å². The highest BCUT2D eigenvalue weighted by Crippen LogP contribution is 2.29. The molecule has 2 nitrogen and oxygen atoms in total. The van der Waals surface area contributed by atoms with E-state index in [0.717, 1.165) is 27.5 Å². The van der Waals surface area contributed by atoms with Crippen LogP contribution in [0.15, 0.2) is 42.5 Å². The van der Waals surface area contributed by atoms with Crippen LogP contribution in [-0.2, 0) is 0 Å². The van der Waals surface area contributed by atoms with E-state index >= 15 is 0 Å². The predicted octanol–water partition coefficient (Wildman–Crippen LogP) is 3.62. The number of benzene rings is 2. The molecule has 0 bridgehead atoms. The van der Waals surface area contributed by atoms with E-state index in [9.17, 15) is 0 Å². The molecule has 0 atom stereocenters. The number of hydrogen-bond donors (Lipinski definition) is 1. The number of pyridine rings is 1. The molecule has 0 aliphatic carbocycles. The maximum atomic E-state index is 6.12. The molecule has 16 heavy (non-hydrogen) atoms. The Morgan fingerprint density at radius 2 is 1.69 bits per heavy atom. The Bertz CT molecular complexity index is 692. The summed E-state index contributed by atoms with van der Waals surface area (Å²) in [6.07, 6.45) is 0. The summed E-state index contributed by atoms with van der Waals surface area (Å²) >= 11 is 5.94. The molecule has 0 aliphatic rings. The summed E-state index contributed by atoms with van der Waals surface area (Å²) in [6, 6.07) is 13.4. The zero-order chi connectivity index (χ0) is 11.1. The molecule has 2 N–H and O–H groups in total. The van der Waals surface area contributed by atoms with Crippen LogP contribution in [0.5, 0.6) is 0 Å². The summed E-state index contributed by atoms with van der Waals surface area (Å²) in [7, 11) is 0. The smallest absolute Gasteiger partial charge is 0.0745 e. The van der Waals surface area contributed by atoms with Crippen molar-refractivity contribution in [3.63, 3.8) is 0 Å². The first-order valence-electron chi connectivity index (χ1n) is 4.99. The first-order valence-corrected chi connectivity index (χ1v) is 5.37. The number of halogens is 1. The van der Waals surface area contributed by atoms with E-state index in [1.807, 2.05) is 42.5 Å². The highest BCUT2D eigenvalue weighted by Gasteiger charge is 2.05. The van der Waals surface area contributed by atoms with Gasteiger partial charge in [-0.25, -0.2) is 4.98 Å². The largest absolute Gasteiger partial charge is 0.398 e. The van der Waals surface area contributed by atoms with Crippen molar-refractivity contribution < 1.29 is 0 Å². The van der Waals surface area contributed by atoms with Crippen molar-refractivity contribution in [2.24, 2.45) is 0 Å². The van der Waals surface area contributed by atoms with E-state index in [-0.39, 0.29) is 0 Å². The van der Waals surface area contributed by atoms with Crippen LogP contribution in [0.4, 0.5) is 5.69 Å². The third kappa shape index (κ3) is 1.31. The fourth-order valence-electron chi connectivity index (χ4n) is 1.90. The van der Waals surface area contributed by atoms with Gasteiger partial charge in [0.05, 0.1) is 16.7 Å². The van der Waals surface area contributed by atoms with Gasteiger partial charge >= 0.3 is 0 Å². The third-order valence-electron chi connectivity index (χ3n) is 2.69. The maximum Gasteiger partial charge on any atom is 0.0745 e. The van der Waals surface area contributed by atoms with Gasteiger partial charge in [-0.05, 0) is 24.3 Å². The number of rotatable bonds is 0. The second-order valence-corrected chi connectivity index (χ2v) is 4.14. The number of aromatic nitrogens is 1. The van der Waals surface area contributed by atoms with Crippen LogP contribution in [0.2, 0.25) is 5.02 Å². The molecule has 0 amide bonds. The van der Waals surface area contributed by atoms with E-state index in [0.29, 0.717) is 5.02 Å². The number of nitrogens with two attached hydrogens (primary N) is 1. The Morgan fingerprint density at radius 3 is 2.56 bits per heavy atom. The normalized spacial score (nSPS) is 11.1. The lowest BCUT2D eigenvalue weighted by Gasteiger charge is -2.06. The summed E-state index contributed by atoms with van der Waals surface area (Å²) in [5, 5.41) is 2.61. The molecule has 1 heterocycles. The van der Waals surface area contributed by atoms with Crippen molar-refractivity contribution >= 4 is 39.1 Å². The Kier molecular flexibility index (Phi) is 1.98. The highest BCUT2D eigenvalue weighted by atomic mass is 35.5. The van der Waals surface area contributed by atoms with Gasteiger partial charge in [0.25, 0.3) is 0 Å². The van der Waals surface area contributed by atoms with E-state index in [4.69, 9.17) is 17.3 Å². The van der Waals surface area contributed by atoms with E-state index < -0.39 is 0 Å². The summed E-state index contributed by atoms with van der Waals surface area (Å²) < 4.78 is 0. The van der Waals surface area contributed by atoms with Crippen LogP contribution in [0.1, 0.15) is 0 Å². The lowest BCUT2D eigenvalue weighted by Crippen LogP contribution is -1.92. The molecule has 3 aromatic rings. The van der Waals surface area contributed by atoms with E-state index in [1.165, 1.54) is 0 Å². The van der Waals surface area contributed by atoms with Crippen LogP contribution in [-0.4, -0.2) is 4.98 Å². The van der Waals surface area contributed by atoms with Crippen molar-refractivity contribution in [2.45, 2.75) is 0 Å². The first kappa shape index (κ1) is 9.43. The molecule has 1 aromatic heterocycles. The van der Waals surface area contributed by atoms with Gasteiger partial charge in [-0.15, -0.1) is 0 Å². The number of fused-ring (bicyclic) bond motifs is 2. The summed E-state index contributed by atoms with van der Waals surface area (Å²) in [6.45, 7) is 0. The Hall–Kier alpha value is -1.80. The van der Waals surface area contributed by atoms with E-state index in [1.54, 1.807) is 0 Å². The zero-order valence-corrected chi connectivity index (χ0v) is 9.20. The van der Waals surface area contributed by atoms with Crippen molar-refractivity contribution in [1.82, 2.24) is 4.98 Å². The topological polar surface area (TPSA) is 38.9 Å². The monoisotopic (exact) mass is 228 g/mol. The highest BCUT2D eigenvalue weighted by molar-refractivity contribution is 6.31. The molecule has 0 fully saturated rings. The third-order valence-corrected chi connectivity index (χ3v) is 2.92. The van der Waals surface area contributed by atoms with Crippen molar-refractivity contribution in [2.75, 3.05) is 5.73 Å². The minimum Gasteiger partial charge on any atom is -0.398 e. The average Bonchev–Trinajstić information content (AvgIpc) is 2.29.